The third-order valence-corrected chi connectivity index (χ3v) is 6.23. The molecule has 1 atom stereocenters. The molecule has 0 unspecified atom stereocenters. The van der Waals surface area contributed by atoms with Gasteiger partial charge in [-0.3, -0.25) is 4.79 Å². The number of rotatable bonds is 7. The van der Waals surface area contributed by atoms with Gasteiger partial charge in [0.25, 0.3) is 0 Å². The van der Waals surface area contributed by atoms with Crippen LogP contribution in [-0.4, -0.2) is 48.5 Å². The number of halogens is 1. The summed E-state index contributed by atoms with van der Waals surface area (Å²) in [5.41, 5.74) is 5.52. The first-order valence-electron chi connectivity index (χ1n) is 8.51. The van der Waals surface area contributed by atoms with Crippen LogP contribution in [0.4, 0.5) is 0 Å². The maximum atomic E-state index is 12.8. The zero-order valence-electron chi connectivity index (χ0n) is 15.3. The van der Waals surface area contributed by atoms with Crippen LogP contribution in [0, 0.1) is 0 Å². The Morgan fingerprint density at radius 1 is 1.21 bits per heavy atom. The quantitative estimate of drug-likeness (QED) is 0.699. The minimum Gasteiger partial charge on any atom is -0.485 e. The summed E-state index contributed by atoms with van der Waals surface area (Å²) in [5, 5.41) is 8.92. The van der Waals surface area contributed by atoms with Crippen molar-refractivity contribution in [1.29, 1.82) is 0 Å². The Morgan fingerprint density at radius 2 is 1.86 bits per heavy atom. The highest BCUT2D eigenvalue weighted by Gasteiger charge is 2.47. The SMILES string of the molecule is CC1(Oc2ccccc2)CN(S(=O)(=O)c2cccc(C[C@H](N)C(=O)O)c2)C1.Cl. The second kappa shape index (κ2) is 8.48. The number of carboxylic acids is 1. The first-order chi connectivity index (χ1) is 12.7. The first kappa shape index (κ1) is 22.2. The molecule has 0 aliphatic carbocycles. The number of ether oxygens (including phenoxy) is 1. The van der Waals surface area contributed by atoms with E-state index in [1.54, 1.807) is 12.1 Å². The molecular formula is C19H23ClN2O5S. The smallest absolute Gasteiger partial charge is 0.320 e. The number of sulfonamides is 1. The van der Waals surface area contributed by atoms with Gasteiger partial charge in [-0.15, -0.1) is 12.4 Å². The molecule has 1 saturated heterocycles. The van der Waals surface area contributed by atoms with Crippen LogP contribution in [-0.2, 0) is 21.2 Å². The first-order valence-corrected chi connectivity index (χ1v) is 9.95. The monoisotopic (exact) mass is 426 g/mol. The van der Waals surface area contributed by atoms with Crippen LogP contribution in [0.3, 0.4) is 0 Å². The van der Waals surface area contributed by atoms with Gasteiger partial charge in [-0.05, 0) is 43.2 Å². The van der Waals surface area contributed by atoms with Crippen LogP contribution in [0.5, 0.6) is 5.75 Å². The second-order valence-corrected chi connectivity index (χ2v) is 8.87. The van der Waals surface area contributed by atoms with Gasteiger partial charge in [-0.2, -0.15) is 4.31 Å². The van der Waals surface area contributed by atoms with Crippen LogP contribution in [0.25, 0.3) is 0 Å². The van der Waals surface area contributed by atoms with E-state index in [4.69, 9.17) is 15.6 Å². The molecule has 0 bridgehead atoms. The highest BCUT2D eigenvalue weighted by Crippen LogP contribution is 2.32. The van der Waals surface area contributed by atoms with Crippen molar-refractivity contribution >= 4 is 28.4 Å². The number of hydrogen-bond acceptors (Lipinski definition) is 5. The average Bonchev–Trinajstić information content (AvgIpc) is 2.60. The highest BCUT2D eigenvalue weighted by atomic mass is 35.5. The van der Waals surface area contributed by atoms with Gasteiger partial charge in [-0.25, -0.2) is 8.42 Å². The summed E-state index contributed by atoms with van der Waals surface area (Å²) in [4.78, 5) is 11.0. The zero-order chi connectivity index (χ0) is 19.7. The van der Waals surface area contributed by atoms with Crippen LogP contribution < -0.4 is 10.5 Å². The molecule has 1 fully saturated rings. The summed E-state index contributed by atoms with van der Waals surface area (Å²) in [5.74, 6) is -0.429. The van der Waals surface area contributed by atoms with E-state index in [1.807, 2.05) is 37.3 Å². The fourth-order valence-corrected chi connectivity index (χ4v) is 4.77. The van der Waals surface area contributed by atoms with E-state index < -0.39 is 27.6 Å². The number of nitrogens with two attached hydrogens (primary N) is 1. The summed E-state index contributed by atoms with van der Waals surface area (Å²) >= 11 is 0. The van der Waals surface area contributed by atoms with Gasteiger partial charge in [-0.1, -0.05) is 30.3 Å². The average molecular weight is 427 g/mol. The van der Waals surface area contributed by atoms with Crippen molar-refractivity contribution in [2.45, 2.75) is 29.9 Å². The number of para-hydroxylation sites is 1. The maximum Gasteiger partial charge on any atom is 0.320 e. The van der Waals surface area contributed by atoms with Gasteiger partial charge in [0.05, 0.1) is 18.0 Å². The Bertz CT molecular complexity index is 930. The molecule has 1 aliphatic rings. The third-order valence-electron chi connectivity index (χ3n) is 4.44. The molecule has 2 aromatic rings. The molecule has 7 nitrogen and oxygen atoms in total. The minimum atomic E-state index is -3.68. The fourth-order valence-electron chi connectivity index (χ4n) is 3.03. The van der Waals surface area contributed by atoms with Crippen molar-refractivity contribution in [2.24, 2.45) is 5.73 Å². The van der Waals surface area contributed by atoms with E-state index in [0.29, 0.717) is 11.3 Å². The molecule has 0 saturated carbocycles. The Labute approximate surface area is 170 Å². The van der Waals surface area contributed by atoms with Gasteiger partial charge in [0, 0.05) is 0 Å². The number of aliphatic carboxylic acids is 1. The molecule has 0 radical (unpaired) electrons. The molecule has 2 aromatic carbocycles. The van der Waals surface area contributed by atoms with E-state index in [2.05, 4.69) is 0 Å². The lowest BCUT2D eigenvalue weighted by Gasteiger charge is -2.46. The largest absolute Gasteiger partial charge is 0.485 e. The normalized spacial score (nSPS) is 17.1. The zero-order valence-corrected chi connectivity index (χ0v) is 16.9. The fraction of sp³-hybridized carbons (Fsp3) is 0.316. The number of benzene rings is 2. The molecule has 0 aromatic heterocycles. The highest BCUT2D eigenvalue weighted by molar-refractivity contribution is 7.89. The van der Waals surface area contributed by atoms with Crippen LogP contribution in [0.1, 0.15) is 12.5 Å². The summed E-state index contributed by atoms with van der Waals surface area (Å²) in [6.45, 7) is 2.35. The molecule has 152 valence electrons. The van der Waals surface area contributed by atoms with Gasteiger partial charge in [0.2, 0.25) is 10.0 Å². The Hall–Kier alpha value is -2.13. The number of hydrogen-bond donors (Lipinski definition) is 2. The number of carbonyl (C=O) groups is 1. The van der Waals surface area contributed by atoms with Gasteiger partial charge < -0.3 is 15.6 Å². The maximum absolute atomic E-state index is 12.8. The Balaban J connectivity index is 0.00000280. The summed E-state index contributed by atoms with van der Waals surface area (Å²) in [6, 6.07) is 14.4. The van der Waals surface area contributed by atoms with Crippen molar-refractivity contribution in [3.63, 3.8) is 0 Å². The Kier molecular flexibility index (Phi) is 6.71. The number of carboxylic acid groups (broad SMARTS) is 1. The van der Waals surface area contributed by atoms with E-state index in [9.17, 15) is 13.2 Å². The van der Waals surface area contributed by atoms with E-state index in [-0.39, 0.29) is 36.8 Å². The van der Waals surface area contributed by atoms with Crippen LogP contribution in [0.2, 0.25) is 0 Å². The molecule has 1 aliphatic heterocycles. The van der Waals surface area contributed by atoms with Crippen molar-refractivity contribution in [3.8, 4) is 5.75 Å². The predicted octanol–water partition coefficient (Wildman–Crippen LogP) is 1.90. The lowest BCUT2D eigenvalue weighted by Crippen LogP contribution is -2.64. The molecule has 0 amide bonds. The molecule has 1 heterocycles. The topological polar surface area (TPSA) is 110 Å². The van der Waals surface area contributed by atoms with Crippen molar-refractivity contribution in [1.82, 2.24) is 4.31 Å². The third kappa shape index (κ3) is 4.82. The van der Waals surface area contributed by atoms with Crippen molar-refractivity contribution in [3.05, 3.63) is 60.2 Å². The molecule has 0 spiro atoms. The van der Waals surface area contributed by atoms with Gasteiger partial charge in [0.15, 0.2) is 0 Å². The summed E-state index contributed by atoms with van der Waals surface area (Å²) < 4.78 is 33.0. The van der Waals surface area contributed by atoms with Crippen molar-refractivity contribution in [2.75, 3.05) is 13.1 Å². The lowest BCUT2D eigenvalue weighted by molar-refractivity contribution is -0.138. The number of nitrogens with zero attached hydrogens (tertiary/aromatic N) is 1. The standard InChI is InChI=1S/C19H22N2O5S.ClH/c1-19(26-15-7-3-2-4-8-15)12-21(13-19)27(24,25)16-9-5-6-14(10-16)11-17(20)18(22)23;/h2-10,17H,11-13,20H2,1H3,(H,22,23);1H/t17-;/m0./s1. The lowest BCUT2D eigenvalue weighted by atomic mass is 10.00. The molecule has 3 N–H and O–H groups in total. The van der Waals surface area contributed by atoms with Crippen molar-refractivity contribution < 1.29 is 23.1 Å². The summed E-state index contributed by atoms with van der Waals surface area (Å²) in [7, 11) is -3.68. The summed E-state index contributed by atoms with van der Waals surface area (Å²) in [6.07, 6.45) is 0.0630. The minimum absolute atomic E-state index is 0. The Morgan fingerprint density at radius 3 is 2.46 bits per heavy atom. The van der Waals surface area contributed by atoms with Gasteiger partial charge in [0.1, 0.15) is 17.4 Å². The molecule has 28 heavy (non-hydrogen) atoms. The van der Waals surface area contributed by atoms with Crippen LogP contribution in [0.15, 0.2) is 59.5 Å². The predicted molar refractivity (Wildman–Crippen MR) is 107 cm³/mol. The molecule has 9 heteroatoms. The molecular weight excluding hydrogens is 404 g/mol. The van der Waals surface area contributed by atoms with E-state index in [1.165, 1.54) is 16.4 Å². The van der Waals surface area contributed by atoms with E-state index >= 15 is 0 Å². The second-order valence-electron chi connectivity index (χ2n) is 6.93. The molecule has 3 rings (SSSR count). The van der Waals surface area contributed by atoms with Gasteiger partial charge >= 0.3 is 5.97 Å². The van der Waals surface area contributed by atoms with Crippen LogP contribution >= 0.6 is 12.4 Å². The van der Waals surface area contributed by atoms with E-state index in [0.717, 1.165) is 0 Å².